The molecule has 0 bridgehead atoms. The van der Waals surface area contributed by atoms with Gasteiger partial charge in [-0.1, -0.05) is 51.8 Å². The number of aromatic nitrogens is 3. The molecule has 1 aliphatic rings. The van der Waals surface area contributed by atoms with Crippen LogP contribution in [0.4, 0.5) is 4.79 Å². The van der Waals surface area contributed by atoms with Crippen LogP contribution in [-0.4, -0.2) is 111 Å². The summed E-state index contributed by atoms with van der Waals surface area (Å²) >= 11 is 0. The number of unbranched alkanes of at least 4 members (excludes halogenated alkanes) is 2. The molecule has 0 spiro atoms. The third kappa shape index (κ3) is 12.3. The first-order chi connectivity index (χ1) is 26.4. The van der Waals surface area contributed by atoms with E-state index in [0.717, 1.165) is 21.5 Å². The number of aromatic amines is 2. The summed E-state index contributed by atoms with van der Waals surface area (Å²) in [5.41, 5.74) is 10.1. The third-order valence-corrected chi connectivity index (χ3v) is 9.29. The number of nitrogens with zero attached hydrogens (tertiary/aromatic N) is 2. The number of nitrogens with one attached hydrogen (secondary N) is 8. The predicted molar refractivity (Wildman–Crippen MR) is 204 cm³/mol. The van der Waals surface area contributed by atoms with Crippen molar-refractivity contribution in [1.29, 1.82) is 0 Å². The fourth-order valence-electron chi connectivity index (χ4n) is 6.28. The van der Waals surface area contributed by atoms with Crippen molar-refractivity contribution >= 4 is 46.5 Å². The fourth-order valence-corrected chi connectivity index (χ4v) is 6.28. The van der Waals surface area contributed by atoms with E-state index in [0.29, 0.717) is 37.9 Å². The van der Waals surface area contributed by atoms with Gasteiger partial charge >= 0.3 is 6.03 Å². The molecule has 7 amide bonds. The number of hydrogen-bond acceptors (Lipinski definition) is 9. The van der Waals surface area contributed by atoms with Crippen LogP contribution in [0.2, 0.25) is 0 Å². The van der Waals surface area contributed by atoms with Gasteiger partial charge in [0.1, 0.15) is 30.2 Å². The third-order valence-electron chi connectivity index (χ3n) is 9.29. The number of urea groups is 1. The maximum absolute atomic E-state index is 14.3. The number of carbonyl (C=O) groups excluding carboxylic acids is 6. The van der Waals surface area contributed by atoms with Gasteiger partial charge in [0.05, 0.1) is 12.9 Å². The summed E-state index contributed by atoms with van der Waals surface area (Å²) in [5.74, 6) is -3.75. The molecule has 4 rings (SSSR count). The van der Waals surface area contributed by atoms with Crippen LogP contribution in [0.5, 0.6) is 0 Å². The highest BCUT2D eigenvalue weighted by atomic mass is 16.3. The topological polar surface area (TPSA) is 269 Å². The molecule has 5 atom stereocenters. The Balaban J connectivity index is 1.76. The minimum atomic E-state index is -1.55. The molecule has 3 heterocycles. The quantitative estimate of drug-likeness (QED) is 0.0990. The number of aliphatic hydroxyl groups is 1. The van der Waals surface area contributed by atoms with Crippen molar-refractivity contribution in [2.75, 3.05) is 19.7 Å². The SMILES string of the molecule is CCCC[C@@H]1NC(=O)[C@@H](CC(C)C)NC(=O)N(CCCCN)NC(=O)[C@@H](CO)NC(=O)[C@H](Cc2cnc[nH]2)NC(=O)[C@@H](Cc2c[nH]c3ccccc23)NC1=O. The lowest BCUT2D eigenvalue weighted by atomic mass is 10.0. The second-order valence-corrected chi connectivity index (χ2v) is 14.2. The van der Waals surface area contributed by atoms with Gasteiger partial charge in [0, 0.05) is 48.4 Å². The smallest absolute Gasteiger partial charge is 0.336 e. The number of hydrazine groups is 1. The van der Waals surface area contributed by atoms with Crippen LogP contribution in [-0.2, 0) is 36.8 Å². The highest BCUT2D eigenvalue weighted by Gasteiger charge is 2.35. The van der Waals surface area contributed by atoms with E-state index in [4.69, 9.17) is 5.73 Å². The van der Waals surface area contributed by atoms with Gasteiger partial charge in [-0.2, -0.15) is 0 Å². The molecule has 0 saturated carbocycles. The highest BCUT2D eigenvalue weighted by Crippen LogP contribution is 2.20. The molecule has 1 fully saturated rings. The van der Waals surface area contributed by atoms with Crippen molar-refractivity contribution in [2.45, 2.75) is 102 Å². The number of rotatable bonds is 14. The van der Waals surface area contributed by atoms with E-state index in [9.17, 15) is 33.9 Å². The maximum Gasteiger partial charge on any atom is 0.336 e. The summed E-state index contributed by atoms with van der Waals surface area (Å²) in [4.78, 5) is 93.5. The predicted octanol–water partition coefficient (Wildman–Crippen LogP) is 0.00790. The lowest BCUT2D eigenvalue weighted by molar-refractivity contribution is -0.136. The number of amides is 7. The summed E-state index contributed by atoms with van der Waals surface area (Å²) in [6, 6.07) is 0.378. The first-order valence-corrected chi connectivity index (χ1v) is 18.9. The zero-order valence-corrected chi connectivity index (χ0v) is 31.7. The second-order valence-electron chi connectivity index (χ2n) is 14.2. The summed E-state index contributed by atoms with van der Waals surface area (Å²) in [7, 11) is 0. The molecule has 18 heteroatoms. The number of benzene rings is 1. The summed E-state index contributed by atoms with van der Waals surface area (Å²) < 4.78 is 0. The molecular weight excluding hydrogens is 710 g/mol. The van der Waals surface area contributed by atoms with Crippen LogP contribution < -0.4 is 37.7 Å². The molecule has 0 unspecified atom stereocenters. The van der Waals surface area contributed by atoms with E-state index in [1.807, 2.05) is 45.0 Å². The van der Waals surface area contributed by atoms with Gasteiger partial charge in [-0.25, -0.2) is 14.8 Å². The van der Waals surface area contributed by atoms with Crippen LogP contribution >= 0.6 is 0 Å². The lowest BCUT2D eigenvalue weighted by Crippen LogP contribution is -2.63. The van der Waals surface area contributed by atoms with Gasteiger partial charge in [-0.05, 0) is 49.8 Å². The fraction of sp³-hybridized carbons (Fsp3) is 0.541. The minimum Gasteiger partial charge on any atom is -0.394 e. The van der Waals surface area contributed by atoms with Gasteiger partial charge in [-0.3, -0.25) is 29.4 Å². The molecule has 1 aromatic carbocycles. The highest BCUT2D eigenvalue weighted by molar-refractivity contribution is 5.97. The van der Waals surface area contributed by atoms with Crippen molar-refractivity contribution in [3.8, 4) is 0 Å². The van der Waals surface area contributed by atoms with Crippen LogP contribution in [0.25, 0.3) is 10.9 Å². The zero-order valence-electron chi connectivity index (χ0n) is 31.7. The summed E-state index contributed by atoms with van der Waals surface area (Å²) in [6.07, 6.45) is 7.16. The van der Waals surface area contributed by atoms with Crippen molar-refractivity contribution in [2.24, 2.45) is 11.7 Å². The average Bonchev–Trinajstić information content (AvgIpc) is 3.83. The van der Waals surface area contributed by atoms with Gasteiger partial charge in [-0.15, -0.1) is 0 Å². The number of nitrogens with two attached hydrogens (primary N) is 1. The van der Waals surface area contributed by atoms with Crippen molar-refractivity contribution in [3.05, 3.63) is 54.2 Å². The standard InChI is InChI=1S/C37H55N11O7/c1-4-5-11-27-32(50)43-29(16-23-18-40-26-12-7-6-10-25(23)26)34(52)44-30(17-24-19-39-21-41-24)35(53)45-31(20-49)36(54)47-48(14-9-8-13-38)37(55)46-28(15-22(2)3)33(51)42-27/h6-7,10,12,18-19,21-22,27-31,40,49H,4-5,8-9,11,13-17,20,38H2,1-3H3,(H,39,41)(H,42,51)(H,43,50)(H,44,52)(H,45,53)(H,46,55)(H,47,54)/t27-,28+,29+,30-,31+/m0/s1. The number of carbonyl (C=O) groups is 6. The molecular formula is C37H55N11O7. The Morgan fingerprint density at radius 3 is 2.09 bits per heavy atom. The number of aliphatic hydroxyl groups excluding tert-OH is 1. The first kappa shape index (κ1) is 42.3. The number of imidazole rings is 1. The molecule has 0 aliphatic carbocycles. The van der Waals surface area contributed by atoms with E-state index in [1.165, 1.54) is 12.5 Å². The number of H-pyrrole nitrogens is 2. The minimum absolute atomic E-state index is 0.00522. The number of hydrogen-bond donors (Lipinski definition) is 10. The molecule has 300 valence electrons. The van der Waals surface area contributed by atoms with E-state index in [1.54, 1.807) is 6.20 Å². The average molecular weight is 766 g/mol. The molecule has 1 saturated heterocycles. The van der Waals surface area contributed by atoms with Crippen molar-refractivity contribution < 1.29 is 33.9 Å². The molecule has 18 nitrogen and oxygen atoms in total. The largest absolute Gasteiger partial charge is 0.394 e. The Bertz CT molecular complexity index is 1750. The van der Waals surface area contributed by atoms with E-state index < -0.39 is 72.4 Å². The Morgan fingerprint density at radius 2 is 1.44 bits per heavy atom. The maximum atomic E-state index is 14.3. The number of para-hydroxylation sites is 1. The molecule has 55 heavy (non-hydrogen) atoms. The Labute approximate surface area is 319 Å². The Morgan fingerprint density at radius 1 is 0.782 bits per heavy atom. The Kier molecular flexibility index (Phi) is 16.0. The monoisotopic (exact) mass is 765 g/mol. The van der Waals surface area contributed by atoms with Gasteiger partial charge < -0.3 is 47.4 Å². The van der Waals surface area contributed by atoms with E-state index in [2.05, 4.69) is 47.0 Å². The second kappa shape index (κ2) is 20.8. The van der Waals surface area contributed by atoms with Crippen molar-refractivity contribution in [1.82, 2.24) is 52.0 Å². The normalized spacial score (nSPS) is 22.3. The zero-order chi connectivity index (χ0) is 39.9. The summed E-state index contributed by atoms with van der Waals surface area (Å²) in [6.45, 7) is 5.15. The van der Waals surface area contributed by atoms with Gasteiger partial charge in [0.25, 0.3) is 5.91 Å². The summed E-state index contributed by atoms with van der Waals surface area (Å²) in [5, 5.41) is 25.6. The molecule has 11 N–H and O–H groups in total. The van der Waals surface area contributed by atoms with Crippen LogP contribution in [0.15, 0.2) is 43.0 Å². The lowest BCUT2D eigenvalue weighted by Gasteiger charge is -2.30. The molecule has 2 aromatic heterocycles. The van der Waals surface area contributed by atoms with E-state index in [-0.39, 0.29) is 38.1 Å². The van der Waals surface area contributed by atoms with Crippen LogP contribution in [0, 0.1) is 5.92 Å². The first-order valence-electron chi connectivity index (χ1n) is 18.9. The van der Waals surface area contributed by atoms with Gasteiger partial charge in [0.2, 0.25) is 23.6 Å². The van der Waals surface area contributed by atoms with E-state index >= 15 is 0 Å². The number of fused-ring (bicyclic) bond motifs is 1. The van der Waals surface area contributed by atoms with Crippen molar-refractivity contribution in [3.63, 3.8) is 0 Å². The molecule has 3 aromatic rings. The molecule has 0 radical (unpaired) electrons. The van der Waals surface area contributed by atoms with Gasteiger partial charge in [0.15, 0.2) is 0 Å². The van der Waals surface area contributed by atoms with Crippen LogP contribution in [0.1, 0.15) is 70.6 Å². The Hall–Kier alpha value is -5.49. The molecule has 1 aliphatic heterocycles. The van der Waals surface area contributed by atoms with Crippen LogP contribution in [0.3, 0.4) is 0 Å².